The molecule has 0 unspecified atom stereocenters. The molecule has 0 fully saturated rings. The number of aliphatic hydroxyl groups is 1. The van der Waals surface area contributed by atoms with Gasteiger partial charge in [0.2, 0.25) is 10.0 Å². The van der Waals surface area contributed by atoms with E-state index < -0.39 is 16.1 Å². The molecule has 1 heterocycles. The van der Waals surface area contributed by atoms with Crippen molar-refractivity contribution in [1.82, 2.24) is 19.7 Å². The van der Waals surface area contributed by atoms with E-state index in [1.165, 1.54) is 31.2 Å². The lowest BCUT2D eigenvalue weighted by atomic mass is 10.2. The maximum Gasteiger partial charge on any atom is 0.240 e. The van der Waals surface area contributed by atoms with Gasteiger partial charge in [-0.05, 0) is 36.8 Å². The van der Waals surface area contributed by atoms with Gasteiger partial charge in [-0.3, -0.25) is 0 Å². The molecule has 0 spiro atoms. The quantitative estimate of drug-likeness (QED) is 0.641. The molecule has 0 aliphatic heterocycles. The molecule has 1 atom stereocenters. The smallest absolute Gasteiger partial charge is 0.240 e. The number of aromatic nitrogens is 3. The van der Waals surface area contributed by atoms with Gasteiger partial charge in [0.05, 0.1) is 23.7 Å². The molecule has 0 bridgehead atoms. The molecule has 3 rings (SSSR count). The number of hydrogen-bond donors (Lipinski definition) is 2. The van der Waals surface area contributed by atoms with Gasteiger partial charge in [-0.2, -0.15) is 0 Å². The Morgan fingerprint density at radius 3 is 2.44 bits per heavy atom. The first-order chi connectivity index (χ1) is 12.8. The van der Waals surface area contributed by atoms with Crippen LogP contribution in [-0.2, 0) is 16.6 Å². The highest BCUT2D eigenvalue weighted by atomic mass is 32.2. The lowest BCUT2D eigenvalue weighted by molar-refractivity contribution is 0.198. The van der Waals surface area contributed by atoms with E-state index >= 15 is 0 Å². The molecule has 0 saturated carbocycles. The number of aliphatic hydroxyl groups excluding tert-OH is 1. The Labute approximate surface area is 156 Å². The fourth-order valence-electron chi connectivity index (χ4n) is 2.40. The highest BCUT2D eigenvalue weighted by molar-refractivity contribution is 7.89. The van der Waals surface area contributed by atoms with Gasteiger partial charge in [0.1, 0.15) is 11.5 Å². The Hall–Kier alpha value is -2.62. The highest BCUT2D eigenvalue weighted by Gasteiger charge is 2.15. The average Bonchev–Trinajstić information content (AvgIpc) is 3.11. The van der Waals surface area contributed by atoms with Crippen LogP contribution < -0.4 is 4.72 Å². The summed E-state index contributed by atoms with van der Waals surface area (Å²) >= 11 is 0. The number of halogens is 1. The third-order valence-corrected chi connectivity index (χ3v) is 5.27. The van der Waals surface area contributed by atoms with Crippen LogP contribution in [0.3, 0.4) is 0 Å². The Morgan fingerprint density at radius 2 is 1.81 bits per heavy atom. The standard InChI is InChI=1S/C18H19FN4O3S/c1-13(24)10-20-27(25,26)17-8-4-15(5-9-17)18-12-23(22-21-18)11-14-2-6-16(19)7-3-14/h2-9,12-13,20,24H,10-11H2,1H3/t13-/m1/s1. The predicted molar refractivity (Wildman–Crippen MR) is 97.8 cm³/mol. The normalized spacial score (nSPS) is 12.9. The highest BCUT2D eigenvalue weighted by Crippen LogP contribution is 2.19. The summed E-state index contributed by atoms with van der Waals surface area (Å²) in [5.41, 5.74) is 2.20. The molecule has 0 saturated heterocycles. The van der Waals surface area contributed by atoms with Crippen molar-refractivity contribution < 1.29 is 17.9 Å². The molecule has 1 aromatic heterocycles. The average molecular weight is 390 g/mol. The monoisotopic (exact) mass is 390 g/mol. The molecular weight excluding hydrogens is 371 g/mol. The first kappa shape index (κ1) is 19.2. The summed E-state index contributed by atoms with van der Waals surface area (Å²) in [5, 5.41) is 17.4. The van der Waals surface area contributed by atoms with E-state index in [9.17, 15) is 17.9 Å². The zero-order chi connectivity index (χ0) is 19.4. The van der Waals surface area contributed by atoms with Crippen LogP contribution in [0.1, 0.15) is 12.5 Å². The molecule has 0 amide bonds. The first-order valence-electron chi connectivity index (χ1n) is 8.26. The van der Waals surface area contributed by atoms with Crippen LogP contribution in [0.15, 0.2) is 59.6 Å². The minimum absolute atomic E-state index is 0.0538. The van der Waals surface area contributed by atoms with Crippen molar-refractivity contribution in [1.29, 1.82) is 0 Å². The summed E-state index contributed by atoms with van der Waals surface area (Å²) in [4.78, 5) is 0.102. The number of sulfonamides is 1. The fourth-order valence-corrected chi connectivity index (χ4v) is 3.52. The van der Waals surface area contributed by atoms with Crippen LogP contribution in [0.5, 0.6) is 0 Å². The number of hydrogen-bond acceptors (Lipinski definition) is 5. The molecule has 3 aromatic rings. The van der Waals surface area contributed by atoms with Crippen LogP contribution in [-0.4, -0.2) is 41.2 Å². The maximum atomic E-state index is 13.0. The minimum Gasteiger partial charge on any atom is -0.392 e. The van der Waals surface area contributed by atoms with E-state index in [4.69, 9.17) is 0 Å². The lowest BCUT2D eigenvalue weighted by Gasteiger charge is -2.08. The summed E-state index contributed by atoms with van der Waals surface area (Å²) in [6, 6.07) is 12.4. The fraction of sp³-hybridized carbons (Fsp3) is 0.222. The third-order valence-electron chi connectivity index (χ3n) is 3.83. The second-order valence-electron chi connectivity index (χ2n) is 6.15. The van der Waals surface area contributed by atoms with Crippen LogP contribution in [0.2, 0.25) is 0 Å². The van der Waals surface area contributed by atoms with Crippen LogP contribution in [0, 0.1) is 5.82 Å². The summed E-state index contributed by atoms with van der Waals surface area (Å²) in [5.74, 6) is -0.295. The van der Waals surface area contributed by atoms with Crippen molar-refractivity contribution in [2.45, 2.75) is 24.5 Å². The van der Waals surface area contributed by atoms with Crippen LogP contribution >= 0.6 is 0 Å². The van der Waals surface area contributed by atoms with E-state index in [1.807, 2.05) is 0 Å². The van der Waals surface area contributed by atoms with Gasteiger partial charge >= 0.3 is 0 Å². The van der Waals surface area contributed by atoms with Crippen molar-refractivity contribution in [3.63, 3.8) is 0 Å². The molecule has 27 heavy (non-hydrogen) atoms. The molecule has 2 aromatic carbocycles. The van der Waals surface area contributed by atoms with Gasteiger partial charge in [-0.1, -0.05) is 29.5 Å². The summed E-state index contributed by atoms with van der Waals surface area (Å²) in [6.07, 6.45) is 0.966. The molecule has 142 valence electrons. The number of rotatable bonds is 7. The van der Waals surface area contributed by atoms with Gasteiger partial charge in [-0.15, -0.1) is 5.10 Å². The van der Waals surface area contributed by atoms with Gasteiger partial charge in [0.15, 0.2) is 0 Å². The van der Waals surface area contributed by atoms with Crippen LogP contribution in [0.25, 0.3) is 11.3 Å². The first-order valence-corrected chi connectivity index (χ1v) is 9.74. The van der Waals surface area contributed by atoms with Crippen LogP contribution in [0.4, 0.5) is 4.39 Å². The van der Waals surface area contributed by atoms with Gasteiger partial charge < -0.3 is 5.11 Å². The largest absolute Gasteiger partial charge is 0.392 e. The van der Waals surface area contributed by atoms with Crippen molar-refractivity contribution in [2.24, 2.45) is 0 Å². The SMILES string of the molecule is C[C@@H](O)CNS(=O)(=O)c1ccc(-c2cn(Cc3ccc(F)cc3)nn2)cc1. The van der Waals surface area contributed by atoms with E-state index in [1.54, 1.807) is 35.1 Å². The molecule has 9 heteroatoms. The van der Waals surface area contributed by atoms with Crippen molar-refractivity contribution in [2.75, 3.05) is 6.54 Å². The molecule has 7 nitrogen and oxygen atoms in total. The van der Waals surface area contributed by atoms with Gasteiger partial charge in [0, 0.05) is 12.1 Å². The molecular formula is C18H19FN4O3S. The Bertz CT molecular complexity index is 1000. The molecule has 0 aliphatic rings. The topological polar surface area (TPSA) is 97.1 Å². The molecule has 0 aliphatic carbocycles. The Morgan fingerprint density at radius 1 is 1.15 bits per heavy atom. The van der Waals surface area contributed by atoms with Gasteiger partial charge in [-0.25, -0.2) is 22.2 Å². The second-order valence-corrected chi connectivity index (χ2v) is 7.92. The van der Waals surface area contributed by atoms with Gasteiger partial charge in [0.25, 0.3) is 0 Å². The Kier molecular flexibility index (Phi) is 5.64. The Balaban J connectivity index is 1.72. The summed E-state index contributed by atoms with van der Waals surface area (Å²) in [6.45, 7) is 1.89. The van der Waals surface area contributed by atoms with E-state index in [2.05, 4.69) is 15.0 Å². The summed E-state index contributed by atoms with van der Waals surface area (Å²) < 4.78 is 41.2. The number of benzene rings is 2. The van der Waals surface area contributed by atoms with E-state index in [-0.39, 0.29) is 17.3 Å². The van der Waals surface area contributed by atoms with Crippen molar-refractivity contribution >= 4 is 10.0 Å². The molecule has 0 radical (unpaired) electrons. The second kappa shape index (κ2) is 7.95. The molecule has 2 N–H and O–H groups in total. The number of nitrogens with zero attached hydrogens (tertiary/aromatic N) is 3. The zero-order valence-electron chi connectivity index (χ0n) is 14.6. The van der Waals surface area contributed by atoms with E-state index in [0.717, 1.165) is 11.1 Å². The maximum absolute atomic E-state index is 13.0. The van der Waals surface area contributed by atoms with Crippen molar-refractivity contribution in [3.8, 4) is 11.3 Å². The number of nitrogens with one attached hydrogen (secondary N) is 1. The lowest BCUT2D eigenvalue weighted by Crippen LogP contribution is -2.30. The zero-order valence-corrected chi connectivity index (χ0v) is 15.4. The third kappa shape index (κ3) is 4.97. The minimum atomic E-state index is -3.68. The van der Waals surface area contributed by atoms with Crippen molar-refractivity contribution in [3.05, 3.63) is 66.1 Å². The van der Waals surface area contributed by atoms with E-state index in [0.29, 0.717) is 12.2 Å². The summed E-state index contributed by atoms with van der Waals surface area (Å²) in [7, 11) is -3.68. The predicted octanol–water partition coefficient (Wildman–Crippen LogP) is 1.79.